The van der Waals surface area contributed by atoms with E-state index >= 15 is 0 Å². The molecule has 1 fully saturated rings. The van der Waals surface area contributed by atoms with Crippen LogP contribution in [0.2, 0.25) is 0 Å². The maximum Gasteiger partial charge on any atom is 0.228 e. The summed E-state index contributed by atoms with van der Waals surface area (Å²) in [5.41, 5.74) is 8.23. The highest BCUT2D eigenvalue weighted by atomic mass is 16.2. The molecule has 0 unspecified atom stereocenters. The van der Waals surface area contributed by atoms with Gasteiger partial charge >= 0.3 is 0 Å². The van der Waals surface area contributed by atoms with Crippen LogP contribution in [0.5, 0.6) is 0 Å². The van der Waals surface area contributed by atoms with Crippen LogP contribution in [0.1, 0.15) is 31.4 Å². The topological polar surface area (TPSA) is 59.2 Å². The average molecular weight is 283 g/mol. The standard InChI is InChI=1S/C17H21N3O/c18-14-6-8-16-13(11-14)5-7-15(19-16)12-17(21)20-9-3-1-2-4-10-20/h5-8,11H,1-4,9-10,12,18H2. The molecule has 0 atom stereocenters. The summed E-state index contributed by atoms with van der Waals surface area (Å²) in [5, 5.41) is 1.01. The number of fused-ring (bicyclic) bond motifs is 1. The molecule has 2 heterocycles. The van der Waals surface area contributed by atoms with E-state index in [4.69, 9.17) is 5.73 Å². The number of likely N-dealkylation sites (tertiary alicyclic amines) is 1. The number of pyridine rings is 1. The molecule has 1 amide bonds. The third-order valence-electron chi connectivity index (χ3n) is 4.06. The predicted molar refractivity (Wildman–Crippen MR) is 84.9 cm³/mol. The molecule has 0 bridgehead atoms. The molecule has 1 aliphatic heterocycles. The molecule has 0 aliphatic carbocycles. The lowest BCUT2D eigenvalue weighted by Crippen LogP contribution is -2.33. The van der Waals surface area contributed by atoms with Crippen LogP contribution in [0, 0.1) is 0 Å². The maximum atomic E-state index is 12.4. The van der Waals surface area contributed by atoms with E-state index in [0.717, 1.165) is 48.2 Å². The first kappa shape index (κ1) is 13.9. The van der Waals surface area contributed by atoms with Gasteiger partial charge in [0.2, 0.25) is 5.91 Å². The van der Waals surface area contributed by atoms with Gasteiger partial charge in [0.1, 0.15) is 0 Å². The molecule has 1 saturated heterocycles. The molecule has 3 rings (SSSR count). The highest BCUT2D eigenvalue weighted by molar-refractivity contribution is 5.83. The summed E-state index contributed by atoms with van der Waals surface area (Å²) in [6.45, 7) is 1.78. The minimum atomic E-state index is 0.194. The quantitative estimate of drug-likeness (QED) is 0.862. The number of amides is 1. The van der Waals surface area contributed by atoms with Crippen molar-refractivity contribution in [3.05, 3.63) is 36.0 Å². The fraction of sp³-hybridized carbons (Fsp3) is 0.412. The lowest BCUT2D eigenvalue weighted by molar-refractivity contribution is -0.130. The van der Waals surface area contributed by atoms with Gasteiger partial charge in [0, 0.05) is 24.2 Å². The van der Waals surface area contributed by atoms with E-state index in [-0.39, 0.29) is 5.91 Å². The summed E-state index contributed by atoms with van der Waals surface area (Å²) in [6.07, 6.45) is 5.10. The molecule has 0 saturated carbocycles. The van der Waals surface area contributed by atoms with Crippen molar-refractivity contribution in [3.63, 3.8) is 0 Å². The highest BCUT2D eigenvalue weighted by Gasteiger charge is 2.16. The Morgan fingerprint density at radius 1 is 1.10 bits per heavy atom. The normalized spacial score (nSPS) is 15.9. The zero-order valence-corrected chi connectivity index (χ0v) is 12.2. The van der Waals surface area contributed by atoms with Crippen LogP contribution in [0.4, 0.5) is 5.69 Å². The summed E-state index contributed by atoms with van der Waals surface area (Å²) in [4.78, 5) is 18.9. The molecule has 1 aliphatic rings. The minimum Gasteiger partial charge on any atom is -0.399 e. The fourth-order valence-electron chi connectivity index (χ4n) is 2.87. The van der Waals surface area contributed by atoms with Crippen LogP contribution in [0.3, 0.4) is 0 Å². The van der Waals surface area contributed by atoms with E-state index in [9.17, 15) is 4.79 Å². The summed E-state index contributed by atoms with van der Waals surface area (Å²) in [5.74, 6) is 0.194. The Bertz CT molecular complexity index is 646. The van der Waals surface area contributed by atoms with Gasteiger partial charge in [-0.1, -0.05) is 18.9 Å². The molecule has 1 aromatic heterocycles. The number of rotatable bonds is 2. The Kier molecular flexibility index (Phi) is 4.04. The number of nitrogens with two attached hydrogens (primary N) is 1. The second-order valence-electron chi connectivity index (χ2n) is 5.73. The first-order chi connectivity index (χ1) is 10.2. The molecule has 4 heteroatoms. The Morgan fingerprint density at radius 2 is 1.86 bits per heavy atom. The molecule has 4 nitrogen and oxygen atoms in total. The molecule has 2 N–H and O–H groups in total. The van der Waals surface area contributed by atoms with Crippen molar-refractivity contribution in [2.75, 3.05) is 18.8 Å². The number of anilines is 1. The first-order valence-electron chi connectivity index (χ1n) is 7.65. The van der Waals surface area contributed by atoms with E-state index in [0.29, 0.717) is 6.42 Å². The van der Waals surface area contributed by atoms with Crippen molar-refractivity contribution in [3.8, 4) is 0 Å². The summed E-state index contributed by atoms with van der Waals surface area (Å²) in [6, 6.07) is 9.57. The molecule has 21 heavy (non-hydrogen) atoms. The Labute approximate surface area is 125 Å². The van der Waals surface area contributed by atoms with Crippen molar-refractivity contribution in [1.29, 1.82) is 0 Å². The van der Waals surface area contributed by atoms with Crippen molar-refractivity contribution in [2.24, 2.45) is 0 Å². The lowest BCUT2D eigenvalue weighted by Gasteiger charge is -2.20. The molecule has 2 aromatic rings. The van der Waals surface area contributed by atoms with E-state index in [2.05, 4.69) is 4.98 Å². The van der Waals surface area contributed by atoms with Gasteiger partial charge in [-0.2, -0.15) is 0 Å². The van der Waals surface area contributed by atoms with Crippen LogP contribution in [0.25, 0.3) is 10.9 Å². The van der Waals surface area contributed by atoms with E-state index in [1.54, 1.807) is 0 Å². The number of aromatic nitrogens is 1. The fourth-order valence-corrected chi connectivity index (χ4v) is 2.87. The largest absolute Gasteiger partial charge is 0.399 e. The van der Waals surface area contributed by atoms with Gasteiger partial charge < -0.3 is 10.6 Å². The number of hydrogen-bond donors (Lipinski definition) is 1. The Morgan fingerprint density at radius 3 is 2.62 bits per heavy atom. The SMILES string of the molecule is Nc1ccc2nc(CC(=O)N3CCCCCC3)ccc2c1. The number of hydrogen-bond acceptors (Lipinski definition) is 3. The van der Waals surface area contributed by atoms with E-state index in [1.807, 2.05) is 35.2 Å². The number of nitrogen functional groups attached to an aromatic ring is 1. The highest BCUT2D eigenvalue weighted by Crippen LogP contribution is 2.17. The Hall–Kier alpha value is -2.10. The summed E-state index contributed by atoms with van der Waals surface area (Å²) in [7, 11) is 0. The van der Waals surface area contributed by atoms with Crippen molar-refractivity contribution in [1.82, 2.24) is 9.88 Å². The van der Waals surface area contributed by atoms with Crippen LogP contribution in [-0.2, 0) is 11.2 Å². The summed E-state index contributed by atoms with van der Waals surface area (Å²) >= 11 is 0. The lowest BCUT2D eigenvalue weighted by atomic mass is 10.1. The Balaban J connectivity index is 1.74. The molecule has 0 spiro atoms. The van der Waals surface area contributed by atoms with Crippen molar-refractivity contribution in [2.45, 2.75) is 32.1 Å². The molecule has 0 radical (unpaired) electrons. The van der Waals surface area contributed by atoms with Crippen LogP contribution < -0.4 is 5.73 Å². The second kappa shape index (κ2) is 6.12. The predicted octanol–water partition coefficient (Wildman–Crippen LogP) is 2.76. The number of carbonyl (C=O) groups is 1. The van der Waals surface area contributed by atoms with Crippen LogP contribution in [0.15, 0.2) is 30.3 Å². The van der Waals surface area contributed by atoms with Gasteiger partial charge in [-0.05, 0) is 37.1 Å². The van der Waals surface area contributed by atoms with Crippen LogP contribution in [-0.4, -0.2) is 28.9 Å². The van der Waals surface area contributed by atoms with Gasteiger partial charge in [0.05, 0.1) is 17.6 Å². The number of nitrogens with zero attached hydrogens (tertiary/aromatic N) is 2. The molecule has 110 valence electrons. The third-order valence-corrected chi connectivity index (χ3v) is 4.06. The average Bonchev–Trinajstić information content (AvgIpc) is 2.76. The van der Waals surface area contributed by atoms with Gasteiger partial charge in [-0.15, -0.1) is 0 Å². The molecular formula is C17H21N3O. The maximum absolute atomic E-state index is 12.4. The summed E-state index contributed by atoms with van der Waals surface area (Å²) < 4.78 is 0. The van der Waals surface area contributed by atoms with Crippen LogP contribution >= 0.6 is 0 Å². The third kappa shape index (κ3) is 3.32. The van der Waals surface area contributed by atoms with Gasteiger partial charge in [0.25, 0.3) is 0 Å². The van der Waals surface area contributed by atoms with Gasteiger partial charge in [0.15, 0.2) is 0 Å². The van der Waals surface area contributed by atoms with Crippen molar-refractivity contribution < 1.29 is 4.79 Å². The zero-order valence-electron chi connectivity index (χ0n) is 12.2. The second-order valence-corrected chi connectivity index (χ2v) is 5.73. The van der Waals surface area contributed by atoms with Gasteiger partial charge in [-0.25, -0.2) is 0 Å². The molecular weight excluding hydrogens is 262 g/mol. The van der Waals surface area contributed by atoms with E-state index in [1.165, 1.54) is 12.8 Å². The monoisotopic (exact) mass is 283 g/mol. The first-order valence-corrected chi connectivity index (χ1v) is 7.65. The number of benzene rings is 1. The minimum absolute atomic E-state index is 0.194. The van der Waals surface area contributed by atoms with E-state index < -0.39 is 0 Å². The molecule has 1 aromatic carbocycles. The smallest absolute Gasteiger partial charge is 0.228 e. The van der Waals surface area contributed by atoms with Crippen molar-refractivity contribution >= 4 is 22.5 Å². The van der Waals surface area contributed by atoms with Gasteiger partial charge in [-0.3, -0.25) is 9.78 Å². The zero-order chi connectivity index (χ0) is 14.7. The number of carbonyl (C=O) groups excluding carboxylic acids is 1.